The largest absolute Gasteiger partial charge is 0.497 e. The fourth-order valence-corrected chi connectivity index (χ4v) is 3.27. The van der Waals surface area contributed by atoms with Crippen LogP contribution in [0.5, 0.6) is 11.5 Å². The van der Waals surface area contributed by atoms with Crippen LogP contribution in [0.3, 0.4) is 0 Å². The third-order valence-corrected chi connectivity index (χ3v) is 4.68. The molecule has 2 aromatic rings. The first kappa shape index (κ1) is 18.5. The summed E-state index contributed by atoms with van der Waals surface area (Å²) in [6.45, 7) is 0. The predicted octanol–water partition coefficient (Wildman–Crippen LogP) is 2.69. The van der Waals surface area contributed by atoms with Gasteiger partial charge in [0.05, 0.1) is 30.4 Å². The van der Waals surface area contributed by atoms with E-state index in [1.807, 2.05) is 0 Å². The van der Waals surface area contributed by atoms with Crippen LogP contribution in [0.2, 0.25) is 0 Å². The van der Waals surface area contributed by atoms with Gasteiger partial charge < -0.3 is 20.5 Å². The summed E-state index contributed by atoms with van der Waals surface area (Å²) >= 11 is 1.17. The highest BCUT2D eigenvalue weighted by Crippen LogP contribution is 2.32. The zero-order chi connectivity index (χ0) is 19.4. The first-order valence-corrected chi connectivity index (χ1v) is 8.74. The van der Waals surface area contributed by atoms with E-state index >= 15 is 0 Å². The molecule has 7 nitrogen and oxygen atoms in total. The number of nitrogens with one attached hydrogen (secondary N) is 1. The van der Waals surface area contributed by atoms with Crippen LogP contribution >= 0.6 is 11.8 Å². The summed E-state index contributed by atoms with van der Waals surface area (Å²) in [4.78, 5) is 28.6. The molecule has 2 aromatic carbocycles. The number of aliphatic imine (C=N–C) groups is 1. The van der Waals surface area contributed by atoms with Gasteiger partial charge in [0.15, 0.2) is 5.17 Å². The summed E-state index contributed by atoms with van der Waals surface area (Å²) in [7, 11) is 3.12. The van der Waals surface area contributed by atoms with Crippen LogP contribution in [-0.2, 0) is 4.79 Å². The first-order chi connectivity index (χ1) is 13.0. The van der Waals surface area contributed by atoms with Crippen LogP contribution in [0.1, 0.15) is 15.9 Å². The summed E-state index contributed by atoms with van der Waals surface area (Å²) in [5, 5.41) is 3.05. The molecule has 138 valence electrons. The molecule has 1 aliphatic rings. The Balaban J connectivity index is 1.90. The van der Waals surface area contributed by atoms with E-state index in [1.165, 1.54) is 11.8 Å². The number of nitrogens with zero attached hydrogens (tertiary/aromatic N) is 1. The van der Waals surface area contributed by atoms with Crippen LogP contribution in [0.25, 0.3) is 6.08 Å². The van der Waals surface area contributed by atoms with Gasteiger partial charge in [-0.25, -0.2) is 4.99 Å². The Morgan fingerprint density at radius 3 is 2.67 bits per heavy atom. The van der Waals surface area contributed by atoms with Crippen molar-refractivity contribution in [2.24, 2.45) is 10.7 Å². The smallest absolute Gasteiger partial charge is 0.264 e. The van der Waals surface area contributed by atoms with Crippen LogP contribution in [0.15, 0.2) is 52.4 Å². The van der Waals surface area contributed by atoms with Crippen LogP contribution in [-0.4, -0.2) is 31.2 Å². The number of para-hydroxylation sites is 1. The van der Waals surface area contributed by atoms with E-state index in [-0.39, 0.29) is 11.5 Å². The number of nitrogens with two attached hydrogens (primary N) is 1. The number of primary amides is 1. The zero-order valence-corrected chi connectivity index (χ0v) is 15.5. The summed E-state index contributed by atoms with van der Waals surface area (Å²) < 4.78 is 10.5. The molecule has 0 aliphatic carbocycles. The molecule has 3 N–H and O–H groups in total. The van der Waals surface area contributed by atoms with E-state index in [4.69, 9.17) is 15.2 Å². The van der Waals surface area contributed by atoms with Gasteiger partial charge in [0, 0.05) is 11.6 Å². The lowest BCUT2D eigenvalue weighted by molar-refractivity contribution is -0.115. The molecule has 0 bridgehead atoms. The van der Waals surface area contributed by atoms with Crippen molar-refractivity contribution >= 4 is 40.5 Å². The normalized spacial score (nSPS) is 16.4. The molecular weight excluding hydrogens is 366 g/mol. The third-order valence-electron chi connectivity index (χ3n) is 3.77. The number of hydrogen-bond donors (Lipinski definition) is 2. The Kier molecular flexibility index (Phi) is 5.46. The number of rotatable bonds is 5. The van der Waals surface area contributed by atoms with Crippen molar-refractivity contribution in [2.45, 2.75) is 0 Å². The highest BCUT2D eigenvalue weighted by atomic mass is 32.2. The average Bonchev–Trinajstić information content (AvgIpc) is 3.01. The molecule has 27 heavy (non-hydrogen) atoms. The summed E-state index contributed by atoms with van der Waals surface area (Å²) in [6, 6.07) is 12.0. The number of amidine groups is 1. The Labute approximate surface area is 160 Å². The molecule has 0 spiro atoms. The second-order valence-electron chi connectivity index (χ2n) is 5.47. The molecule has 3 rings (SSSR count). The number of methoxy groups -OCH3 is 2. The van der Waals surface area contributed by atoms with E-state index in [1.54, 1.807) is 62.8 Å². The van der Waals surface area contributed by atoms with Gasteiger partial charge in [0.2, 0.25) is 0 Å². The van der Waals surface area contributed by atoms with Crippen molar-refractivity contribution in [2.75, 3.05) is 14.2 Å². The van der Waals surface area contributed by atoms with Gasteiger partial charge >= 0.3 is 0 Å². The number of hydrogen-bond acceptors (Lipinski definition) is 6. The first-order valence-electron chi connectivity index (χ1n) is 7.92. The molecular formula is C19H17N3O4S. The van der Waals surface area contributed by atoms with Gasteiger partial charge in [-0.3, -0.25) is 9.59 Å². The van der Waals surface area contributed by atoms with E-state index < -0.39 is 5.91 Å². The quantitative estimate of drug-likeness (QED) is 0.773. The van der Waals surface area contributed by atoms with Gasteiger partial charge in [-0.05, 0) is 42.1 Å². The number of amides is 2. The van der Waals surface area contributed by atoms with Crippen LogP contribution in [0, 0.1) is 0 Å². The highest BCUT2D eigenvalue weighted by Gasteiger charge is 2.25. The van der Waals surface area contributed by atoms with Gasteiger partial charge in [0.25, 0.3) is 11.8 Å². The van der Waals surface area contributed by atoms with Crippen molar-refractivity contribution in [1.82, 2.24) is 5.32 Å². The zero-order valence-electron chi connectivity index (χ0n) is 14.7. The molecule has 2 amide bonds. The maximum Gasteiger partial charge on any atom is 0.264 e. The number of ether oxygens (including phenoxy) is 2. The molecule has 0 atom stereocenters. The van der Waals surface area contributed by atoms with E-state index in [9.17, 15) is 9.59 Å². The highest BCUT2D eigenvalue weighted by molar-refractivity contribution is 8.18. The maximum atomic E-state index is 12.3. The SMILES string of the molecule is COc1ccc(/C=C2\SC(=Nc3ccccc3C(N)=O)NC2=O)c(OC)c1. The minimum Gasteiger partial charge on any atom is -0.497 e. The van der Waals surface area contributed by atoms with Gasteiger partial charge in [-0.2, -0.15) is 0 Å². The van der Waals surface area contributed by atoms with Crippen molar-refractivity contribution in [1.29, 1.82) is 0 Å². The maximum absolute atomic E-state index is 12.3. The molecule has 8 heteroatoms. The lowest BCUT2D eigenvalue weighted by Crippen LogP contribution is -2.19. The molecule has 1 heterocycles. The molecule has 0 unspecified atom stereocenters. The summed E-state index contributed by atoms with van der Waals surface area (Å²) in [5.74, 6) is 0.374. The summed E-state index contributed by atoms with van der Waals surface area (Å²) in [5.41, 5.74) is 6.78. The van der Waals surface area contributed by atoms with Gasteiger partial charge in [-0.1, -0.05) is 12.1 Å². The molecule has 1 fully saturated rings. The van der Waals surface area contributed by atoms with E-state index in [0.29, 0.717) is 27.3 Å². The second-order valence-corrected chi connectivity index (χ2v) is 6.50. The Morgan fingerprint density at radius 2 is 1.96 bits per heavy atom. The van der Waals surface area contributed by atoms with Crippen molar-refractivity contribution in [3.8, 4) is 11.5 Å². The standard InChI is InChI=1S/C19H17N3O4S/c1-25-12-8-7-11(15(10-12)26-2)9-16-18(24)22-19(27-16)21-14-6-4-3-5-13(14)17(20)23/h3-10H,1-2H3,(H2,20,23)(H,21,22,24)/b16-9-. The number of carbonyl (C=O) groups is 2. The Morgan fingerprint density at radius 1 is 1.19 bits per heavy atom. The van der Waals surface area contributed by atoms with Gasteiger partial charge in [-0.15, -0.1) is 0 Å². The molecule has 0 aromatic heterocycles. The fraction of sp³-hybridized carbons (Fsp3) is 0.105. The van der Waals surface area contributed by atoms with Crippen LogP contribution in [0.4, 0.5) is 5.69 Å². The third kappa shape index (κ3) is 4.12. The minimum absolute atomic E-state index is 0.284. The minimum atomic E-state index is -0.581. The fourth-order valence-electron chi connectivity index (χ4n) is 2.45. The predicted molar refractivity (Wildman–Crippen MR) is 105 cm³/mol. The van der Waals surface area contributed by atoms with Crippen molar-refractivity contribution < 1.29 is 19.1 Å². The topological polar surface area (TPSA) is 103 Å². The van der Waals surface area contributed by atoms with Gasteiger partial charge in [0.1, 0.15) is 11.5 Å². The lowest BCUT2D eigenvalue weighted by Gasteiger charge is -2.07. The molecule has 0 saturated carbocycles. The number of carbonyl (C=O) groups excluding carboxylic acids is 2. The molecule has 1 saturated heterocycles. The number of thioether (sulfide) groups is 1. The summed E-state index contributed by atoms with van der Waals surface area (Å²) in [6.07, 6.45) is 1.71. The van der Waals surface area contributed by atoms with Crippen LogP contribution < -0.4 is 20.5 Å². The van der Waals surface area contributed by atoms with E-state index in [2.05, 4.69) is 10.3 Å². The van der Waals surface area contributed by atoms with E-state index in [0.717, 1.165) is 5.56 Å². The number of benzene rings is 2. The second kappa shape index (κ2) is 7.96. The Bertz CT molecular complexity index is 969. The van der Waals surface area contributed by atoms with Crippen molar-refractivity contribution in [3.63, 3.8) is 0 Å². The van der Waals surface area contributed by atoms with Crippen molar-refractivity contribution in [3.05, 3.63) is 58.5 Å². The lowest BCUT2D eigenvalue weighted by atomic mass is 10.1. The Hall–Kier alpha value is -3.26. The monoisotopic (exact) mass is 383 g/mol. The molecule has 0 radical (unpaired) electrons. The molecule has 1 aliphatic heterocycles. The average molecular weight is 383 g/mol.